The van der Waals surface area contributed by atoms with Crippen LogP contribution in [0, 0.1) is 6.92 Å². The molecule has 1 fully saturated rings. The first-order chi connectivity index (χ1) is 13.5. The van der Waals surface area contributed by atoms with Gasteiger partial charge in [0.15, 0.2) is 5.82 Å². The van der Waals surface area contributed by atoms with Gasteiger partial charge in [-0.3, -0.25) is 0 Å². The Balaban J connectivity index is 1.37. The molecule has 1 N–H and O–H groups in total. The molecule has 8 nitrogen and oxygen atoms in total. The highest BCUT2D eigenvalue weighted by Crippen LogP contribution is 2.26. The summed E-state index contributed by atoms with van der Waals surface area (Å²) in [6, 6.07) is 3.94. The number of carbonyl (C=O) groups excluding carboxylic acids is 1. The van der Waals surface area contributed by atoms with Gasteiger partial charge in [0.1, 0.15) is 5.65 Å². The van der Waals surface area contributed by atoms with Crippen molar-refractivity contribution in [3.63, 3.8) is 0 Å². The van der Waals surface area contributed by atoms with Gasteiger partial charge in [-0.15, -0.1) is 0 Å². The predicted octanol–water partition coefficient (Wildman–Crippen LogP) is 3.24. The van der Waals surface area contributed by atoms with Gasteiger partial charge in [0.05, 0.1) is 18.2 Å². The summed E-state index contributed by atoms with van der Waals surface area (Å²) in [5, 5.41) is 7.04. The number of likely N-dealkylation sites (tertiary alicyclic amines) is 1. The van der Waals surface area contributed by atoms with Crippen LogP contribution in [0.1, 0.15) is 61.5 Å². The van der Waals surface area contributed by atoms with Crippen LogP contribution < -0.4 is 5.32 Å². The normalized spacial score (nSPS) is 17.4. The zero-order valence-corrected chi connectivity index (χ0v) is 16.6. The van der Waals surface area contributed by atoms with Crippen LogP contribution in [-0.2, 0) is 6.54 Å². The maximum absolute atomic E-state index is 12.7. The van der Waals surface area contributed by atoms with Crippen molar-refractivity contribution in [2.24, 2.45) is 0 Å². The summed E-state index contributed by atoms with van der Waals surface area (Å²) in [5.74, 6) is 1.68. The molecule has 28 heavy (non-hydrogen) atoms. The highest BCUT2D eigenvalue weighted by molar-refractivity contribution is 5.74. The Morgan fingerprint density at radius 3 is 3.00 bits per heavy atom. The number of nitrogens with one attached hydrogen (secondary N) is 1. The minimum atomic E-state index is -0.0814. The van der Waals surface area contributed by atoms with E-state index in [0.717, 1.165) is 42.1 Å². The number of carbonyl (C=O) groups is 1. The van der Waals surface area contributed by atoms with Gasteiger partial charge in [-0.05, 0) is 31.4 Å². The Morgan fingerprint density at radius 1 is 1.39 bits per heavy atom. The largest absolute Gasteiger partial charge is 0.339 e. The highest BCUT2D eigenvalue weighted by Gasteiger charge is 2.28. The zero-order valence-electron chi connectivity index (χ0n) is 16.6. The molecule has 4 rings (SSSR count). The van der Waals surface area contributed by atoms with Crippen LogP contribution in [0.2, 0.25) is 0 Å². The topological polar surface area (TPSA) is 88.6 Å². The van der Waals surface area contributed by atoms with Gasteiger partial charge in [-0.1, -0.05) is 25.1 Å². The number of imidazole rings is 1. The van der Waals surface area contributed by atoms with Crippen LogP contribution in [0.25, 0.3) is 5.65 Å². The van der Waals surface area contributed by atoms with Crippen LogP contribution in [0.4, 0.5) is 4.79 Å². The molecule has 1 atom stereocenters. The van der Waals surface area contributed by atoms with Crippen molar-refractivity contribution in [2.45, 2.75) is 52.0 Å². The molecule has 3 aromatic heterocycles. The van der Waals surface area contributed by atoms with E-state index in [4.69, 9.17) is 4.52 Å². The first-order valence-corrected chi connectivity index (χ1v) is 9.80. The maximum atomic E-state index is 12.7. The molecule has 0 unspecified atom stereocenters. The van der Waals surface area contributed by atoms with Gasteiger partial charge < -0.3 is 19.1 Å². The van der Waals surface area contributed by atoms with E-state index in [1.54, 1.807) is 0 Å². The standard InChI is InChI=1S/C20H26N6O2/c1-13(2)17-23-19(28-24-17)15-7-5-9-26(11-15)20(27)21-10-16-12-25-8-4-6-14(3)18(25)22-16/h4,6,8,12-13,15H,5,7,9-11H2,1-3H3,(H,21,27)/t15-/m1/s1. The van der Waals surface area contributed by atoms with Crippen molar-refractivity contribution >= 4 is 11.7 Å². The molecule has 0 saturated carbocycles. The third kappa shape index (κ3) is 3.72. The molecule has 1 aliphatic rings. The quantitative estimate of drug-likeness (QED) is 0.748. The molecule has 0 aliphatic carbocycles. The Kier molecular flexibility index (Phi) is 5.02. The maximum Gasteiger partial charge on any atom is 0.317 e. The second-order valence-corrected chi connectivity index (χ2v) is 7.74. The van der Waals surface area contributed by atoms with E-state index in [2.05, 4.69) is 20.4 Å². The number of fused-ring (bicyclic) bond motifs is 1. The average Bonchev–Trinajstić information content (AvgIpc) is 3.34. The van der Waals surface area contributed by atoms with Crippen LogP contribution in [0.15, 0.2) is 29.0 Å². The third-order valence-corrected chi connectivity index (χ3v) is 5.18. The van der Waals surface area contributed by atoms with Crippen LogP contribution in [0.5, 0.6) is 0 Å². The minimum absolute atomic E-state index is 0.0814. The first kappa shape index (κ1) is 18.5. The van der Waals surface area contributed by atoms with E-state index in [0.29, 0.717) is 19.0 Å². The number of pyridine rings is 1. The van der Waals surface area contributed by atoms with Crippen molar-refractivity contribution < 1.29 is 9.32 Å². The molecule has 4 heterocycles. The number of aryl methyl sites for hydroxylation is 1. The van der Waals surface area contributed by atoms with E-state index in [1.807, 2.05) is 54.6 Å². The number of aromatic nitrogens is 4. The number of amides is 2. The monoisotopic (exact) mass is 382 g/mol. The van der Waals surface area contributed by atoms with Gasteiger partial charge in [-0.25, -0.2) is 9.78 Å². The Hall–Kier alpha value is -2.90. The average molecular weight is 382 g/mol. The number of hydrogen-bond acceptors (Lipinski definition) is 5. The van der Waals surface area contributed by atoms with E-state index in [9.17, 15) is 4.79 Å². The number of rotatable bonds is 4. The van der Waals surface area contributed by atoms with Gasteiger partial charge >= 0.3 is 6.03 Å². The molecule has 0 bridgehead atoms. The SMILES string of the molecule is Cc1cccn2cc(CNC(=O)N3CCC[C@@H](c4nc(C(C)C)no4)C3)nc12. The predicted molar refractivity (Wildman–Crippen MR) is 104 cm³/mol. The summed E-state index contributed by atoms with van der Waals surface area (Å²) in [6.45, 7) is 7.83. The van der Waals surface area contributed by atoms with Gasteiger partial charge in [0.25, 0.3) is 0 Å². The zero-order chi connectivity index (χ0) is 19.7. The van der Waals surface area contributed by atoms with Crippen LogP contribution in [0.3, 0.4) is 0 Å². The molecule has 8 heteroatoms. The van der Waals surface area contributed by atoms with Gasteiger partial charge in [0, 0.05) is 31.4 Å². The Labute approximate surface area is 163 Å². The highest BCUT2D eigenvalue weighted by atomic mass is 16.5. The lowest BCUT2D eigenvalue weighted by Gasteiger charge is -2.30. The molecule has 0 radical (unpaired) electrons. The first-order valence-electron chi connectivity index (χ1n) is 9.80. The molecular formula is C20H26N6O2. The molecule has 148 valence electrons. The second-order valence-electron chi connectivity index (χ2n) is 7.74. The summed E-state index contributed by atoms with van der Waals surface area (Å²) in [6.07, 6.45) is 5.79. The summed E-state index contributed by atoms with van der Waals surface area (Å²) >= 11 is 0. The summed E-state index contributed by atoms with van der Waals surface area (Å²) in [7, 11) is 0. The third-order valence-electron chi connectivity index (χ3n) is 5.18. The summed E-state index contributed by atoms with van der Waals surface area (Å²) in [5.41, 5.74) is 2.87. The lowest BCUT2D eigenvalue weighted by Crippen LogP contribution is -2.44. The van der Waals surface area contributed by atoms with Crippen molar-refractivity contribution in [1.82, 2.24) is 29.7 Å². The smallest absolute Gasteiger partial charge is 0.317 e. The van der Waals surface area contributed by atoms with E-state index in [1.165, 1.54) is 0 Å². The second kappa shape index (κ2) is 7.61. The van der Waals surface area contributed by atoms with Gasteiger partial charge in [-0.2, -0.15) is 4.98 Å². The molecule has 1 saturated heterocycles. The Bertz CT molecular complexity index is 976. The van der Waals surface area contributed by atoms with Gasteiger partial charge in [0.2, 0.25) is 5.89 Å². The molecule has 2 amide bonds. The molecule has 1 aliphatic heterocycles. The van der Waals surface area contributed by atoms with Crippen molar-refractivity contribution in [3.8, 4) is 0 Å². The van der Waals surface area contributed by atoms with E-state index >= 15 is 0 Å². The van der Waals surface area contributed by atoms with E-state index in [-0.39, 0.29) is 17.9 Å². The molecular weight excluding hydrogens is 356 g/mol. The summed E-state index contributed by atoms with van der Waals surface area (Å²) in [4.78, 5) is 23.6. The lowest BCUT2D eigenvalue weighted by atomic mass is 9.98. The van der Waals surface area contributed by atoms with E-state index < -0.39 is 0 Å². The minimum Gasteiger partial charge on any atom is -0.339 e. The van der Waals surface area contributed by atoms with Crippen LogP contribution in [-0.4, -0.2) is 43.5 Å². The Morgan fingerprint density at radius 2 is 2.25 bits per heavy atom. The number of piperidine rings is 1. The fraction of sp³-hybridized carbons (Fsp3) is 0.500. The molecule has 3 aromatic rings. The van der Waals surface area contributed by atoms with Crippen molar-refractivity contribution in [1.29, 1.82) is 0 Å². The molecule has 0 aromatic carbocycles. The lowest BCUT2D eigenvalue weighted by molar-refractivity contribution is 0.171. The number of hydrogen-bond donors (Lipinski definition) is 1. The number of urea groups is 1. The van der Waals surface area contributed by atoms with Crippen LogP contribution >= 0.6 is 0 Å². The fourth-order valence-corrected chi connectivity index (χ4v) is 3.58. The van der Waals surface area contributed by atoms with Crippen molar-refractivity contribution in [2.75, 3.05) is 13.1 Å². The van der Waals surface area contributed by atoms with Crippen molar-refractivity contribution in [3.05, 3.63) is 47.5 Å². The molecule has 0 spiro atoms. The number of nitrogens with zero attached hydrogens (tertiary/aromatic N) is 5. The fourth-order valence-electron chi connectivity index (χ4n) is 3.58. The summed E-state index contributed by atoms with van der Waals surface area (Å²) < 4.78 is 7.42.